The van der Waals surface area contributed by atoms with Crippen LogP contribution < -0.4 is 15.0 Å². The van der Waals surface area contributed by atoms with Gasteiger partial charge in [0.05, 0.1) is 24.7 Å². The van der Waals surface area contributed by atoms with Crippen LogP contribution in [0.4, 0.5) is 5.69 Å². The van der Waals surface area contributed by atoms with Crippen molar-refractivity contribution in [1.82, 2.24) is 4.98 Å². The molecule has 0 bridgehead atoms. The molecule has 18 heavy (non-hydrogen) atoms. The molecular formula is C11H10N2O5. The van der Waals surface area contributed by atoms with Crippen LogP contribution in [0.3, 0.4) is 0 Å². The summed E-state index contributed by atoms with van der Waals surface area (Å²) in [6.07, 6.45) is 0. The van der Waals surface area contributed by atoms with Crippen molar-refractivity contribution in [2.45, 2.75) is 0 Å². The van der Waals surface area contributed by atoms with Gasteiger partial charge in [0.25, 0.3) is 11.2 Å². The van der Waals surface area contributed by atoms with E-state index >= 15 is 0 Å². The number of aromatic nitrogens is 1. The smallest absolute Gasteiger partial charge is 0.294 e. The van der Waals surface area contributed by atoms with E-state index in [-0.39, 0.29) is 17.2 Å². The molecule has 0 saturated carbocycles. The second kappa shape index (κ2) is 4.36. The third-order valence-corrected chi connectivity index (χ3v) is 2.53. The number of nitrogens with one attached hydrogen (secondary N) is 1. The van der Waals surface area contributed by atoms with Crippen LogP contribution in [0.15, 0.2) is 23.0 Å². The lowest BCUT2D eigenvalue weighted by molar-refractivity contribution is -0.384. The SMILES string of the molecule is COc1c(OC)c2ccc([N+](=O)[O-])cc2[nH]c1=O. The normalized spacial score (nSPS) is 10.3. The Bertz CT molecular complexity index is 677. The van der Waals surface area contributed by atoms with Gasteiger partial charge in [0, 0.05) is 17.5 Å². The van der Waals surface area contributed by atoms with Crippen molar-refractivity contribution in [1.29, 1.82) is 0 Å². The first-order valence-electron chi connectivity index (χ1n) is 5.01. The third kappa shape index (κ3) is 1.75. The average Bonchev–Trinajstić information content (AvgIpc) is 2.36. The molecule has 0 amide bonds. The van der Waals surface area contributed by atoms with Crippen LogP contribution in [-0.4, -0.2) is 24.1 Å². The lowest BCUT2D eigenvalue weighted by Crippen LogP contribution is -2.11. The van der Waals surface area contributed by atoms with Gasteiger partial charge in [-0.25, -0.2) is 0 Å². The van der Waals surface area contributed by atoms with E-state index in [2.05, 4.69) is 4.98 Å². The standard InChI is InChI=1S/C11H10N2O5/c1-17-9-7-4-3-6(13(15)16)5-8(7)12-11(14)10(9)18-2/h3-5H,1-2H3,(H,12,14). The van der Waals surface area contributed by atoms with Gasteiger partial charge in [-0.15, -0.1) is 0 Å². The Morgan fingerprint density at radius 2 is 1.89 bits per heavy atom. The van der Waals surface area contributed by atoms with Crippen LogP contribution in [0.2, 0.25) is 0 Å². The van der Waals surface area contributed by atoms with Crippen molar-refractivity contribution in [3.8, 4) is 11.5 Å². The molecular weight excluding hydrogens is 240 g/mol. The number of H-pyrrole nitrogens is 1. The summed E-state index contributed by atoms with van der Waals surface area (Å²) in [7, 11) is 2.75. The van der Waals surface area contributed by atoms with Crippen molar-refractivity contribution in [2.75, 3.05) is 14.2 Å². The fourth-order valence-corrected chi connectivity index (χ4v) is 1.74. The number of hydrogen-bond acceptors (Lipinski definition) is 5. The van der Waals surface area contributed by atoms with Gasteiger partial charge in [-0.05, 0) is 6.07 Å². The van der Waals surface area contributed by atoms with E-state index in [1.807, 2.05) is 0 Å². The fraction of sp³-hybridized carbons (Fsp3) is 0.182. The molecule has 0 radical (unpaired) electrons. The number of nitrogens with zero attached hydrogens (tertiary/aromatic N) is 1. The molecule has 1 aromatic heterocycles. The van der Waals surface area contributed by atoms with Gasteiger partial charge in [-0.2, -0.15) is 0 Å². The number of benzene rings is 1. The van der Waals surface area contributed by atoms with E-state index in [0.717, 1.165) is 0 Å². The van der Waals surface area contributed by atoms with Crippen LogP contribution in [0, 0.1) is 10.1 Å². The summed E-state index contributed by atoms with van der Waals surface area (Å²) in [5.41, 5.74) is -0.278. The number of nitro benzene ring substituents is 1. The first kappa shape index (κ1) is 11.9. The lowest BCUT2D eigenvalue weighted by atomic mass is 10.2. The minimum Gasteiger partial charge on any atom is -0.492 e. The van der Waals surface area contributed by atoms with Gasteiger partial charge in [-0.3, -0.25) is 14.9 Å². The van der Waals surface area contributed by atoms with Crippen LogP contribution in [-0.2, 0) is 0 Å². The summed E-state index contributed by atoms with van der Waals surface area (Å²) in [5, 5.41) is 11.2. The van der Waals surface area contributed by atoms with E-state index < -0.39 is 10.5 Å². The molecule has 0 aliphatic heterocycles. The molecule has 0 spiro atoms. The minimum absolute atomic E-state index is 0.0406. The zero-order valence-corrected chi connectivity index (χ0v) is 9.72. The Labute approximate surface area is 101 Å². The number of ether oxygens (including phenoxy) is 2. The van der Waals surface area contributed by atoms with Gasteiger partial charge >= 0.3 is 0 Å². The molecule has 1 N–H and O–H groups in total. The lowest BCUT2D eigenvalue weighted by Gasteiger charge is -2.09. The molecule has 0 fully saturated rings. The predicted octanol–water partition coefficient (Wildman–Crippen LogP) is 1.45. The molecule has 0 atom stereocenters. The first-order valence-corrected chi connectivity index (χ1v) is 5.01. The van der Waals surface area contributed by atoms with Crippen LogP contribution >= 0.6 is 0 Å². The fourth-order valence-electron chi connectivity index (χ4n) is 1.74. The van der Waals surface area contributed by atoms with E-state index in [0.29, 0.717) is 10.9 Å². The Hall–Kier alpha value is -2.57. The summed E-state index contributed by atoms with van der Waals surface area (Å²) in [6, 6.07) is 4.12. The van der Waals surface area contributed by atoms with Crippen molar-refractivity contribution < 1.29 is 14.4 Å². The van der Waals surface area contributed by atoms with Gasteiger partial charge in [0.1, 0.15) is 0 Å². The molecule has 0 unspecified atom stereocenters. The molecule has 7 heteroatoms. The number of rotatable bonds is 3. The highest BCUT2D eigenvalue weighted by Crippen LogP contribution is 2.32. The molecule has 0 aliphatic rings. The maximum absolute atomic E-state index is 11.7. The first-order chi connectivity index (χ1) is 8.58. The Balaban J connectivity index is 2.83. The number of aromatic amines is 1. The highest BCUT2D eigenvalue weighted by molar-refractivity contribution is 5.88. The highest BCUT2D eigenvalue weighted by atomic mass is 16.6. The summed E-state index contributed by atoms with van der Waals surface area (Å²) in [5.74, 6) is 0.296. The highest BCUT2D eigenvalue weighted by Gasteiger charge is 2.16. The van der Waals surface area contributed by atoms with Gasteiger partial charge < -0.3 is 14.5 Å². The van der Waals surface area contributed by atoms with Crippen LogP contribution in [0.1, 0.15) is 0 Å². The Morgan fingerprint density at radius 1 is 1.22 bits per heavy atom. The molecule has 0 aliphatic carbocycles. The van der Waals surface area contributed by atoms with Crippen molar-refractivity contribution in [2.24, 2.45) is 0 Å². The number of pyridine rings is 1. The summed E-state index contributed by atoms with van der Waals surface area (Å²) in [6.45, 7) is 0. The quantitative estimate of drug-likeness (QED) is 0.657. The summed E-state index contributed by atoms with van der Waals surface area (Å²) < 4.78 is 10.1. The number of fused-ring (bicyclic) bond motifs is 1. The third-order valence-electron chi connectivity index (χ3n) is 2.53. The van der Waals surface area contributed by atoms with Gasteiger partial charge in [0.15, 0.2) is 5.75 Å². The minimum atomic E-state index is -0.533. The average molecular weight is 250 g/mol. The monoisotopic (exact) mass is 250 g/mol. The predicted molar refractivity (Wildman–Crippen MR) is 64.3 cm³/mol. The molecule has 94 valence electrons. The number of non-ortho nitro benzene ring substituents is 1. The van der Waals surface area contributed by atoms with Crippen LogP contribution in [0.5, 0.6) is 11.5 Å². The maximum atomic E-state index is 11.7. The molecule has 2 rings (SSSR count). The maximum Gasteiger partial charge on any atom is 0.294 e. The Kier molecular flexibility index (Phi) is 2.88. The van der Waals surface area contributed by atoms with E-state index in [4.69, 9.17) is 9.47 Å². The van der Waals surface area contributed by atoms with Crippen molar-refractivity contribution >= 4 is 16.6 Å². The number of nitro groups is 1. The molecule has 1 aromatic carbocycles. The Morgan fingerprint density at radius 3 is 2.44 bits per heavy atom. The van der Waals surface area contributed by atoms with Gasteiger partial charge in [-0.1, -0.05) is 0 Å². The van der Waals surface area contributed by atoms with E-state index in [9.17, 15) is 14.9 Å². The largest absolute Gasteiger partial charge is 0.492 e. The molecule has 0 saturated heterocycles. The zero-order valence-electron chi connectivity index (χ0n) is 9.72. The number of methoxy groups -OCH3 is 2. The van der Waals surface area contributed by atoms with E-state index in [1.54, 1.807) is 0 Å². The summed E-state index contributed by atoms with van der Waals surface area (Å²) >= 11 is 0. The second-order valence-electron chi connectivity index (χ2n) is 3.51. The number of hydrogen-bond donors (Lipinski definition) is 1. The second-order valence-corrected chi connectivity index (χ2v) is 3.51. The molecule has 7 nitrogen and oxygen atoms in total. The zero-order chi connectivity index (χ0) is 13.3. The van der Waals surface area contributed by atoms with E-state index in [1.165, 1.54) is 32.4 Å². The molecule has 1 heterocycles. The van der Waals surface area contributed by atoms with Crippen LogP contribution in [0.25, 0.3) is 10.9 Å². The van der Waals surface area contributed by atoms with Crippen molar-refractivity contribution in [3.05, 3.63) is 38.7 Å². The van der Waals surface area contributed by atoms with Crippen molar-refractivity contribution in [3.63, 3.8) is 0 Å². The van der Waals surface area contributed by atoms with Gasteiger partial charge in [0.2, 0.25) is 5.75 Å². The summed E-state index contributed by atoms with van der Waals surface area (Å²) in [4.78, 5) is 24.3. The topological polar surface area (TPSA) is 94.5 Å². The molecule has 2 aromatic rings.